The zero-order chi connectivity index (χ0) is 19.8. The number of aliphatic carboxylic acids is 1. The summed E-state index contributed by atoms with van der Waals surface area (Å²) in [4.78, 5) is 27.7. The van der Waals surface area contributed by atoms with Crippen LogP contribution in [-0.4, -0.2) is 32.8 Å². The number of imidazole rings is 1. The van der Waals surface area contributed by atoms with E-state index in [2.05, 4.69) is 10.3 Å². The molecule has 0 spiro atoms. The lowest BCUT2D eigenvalue weighted by atomic mass is 10.1. The molecule has 0 saturated carbocycles. The Morgan fingerprint density at radius 3 is 2.32 bits per heavy atom. The van der Waals surface area contributed by atoms with Crippen LogP contribution in [0.3, 0.4) is 0 Å². The number of nitrogens with zero attached hydrogens (tertiary/aromatic N) is 2. The number of carbonyl (C=O) groups excluding carboxylic acids is 1. The maximum absolute atomic E-state index is 11.9. The molecule has 0 bridgehead atoms. The van der Waals surface area contributed by atoms with Crippen LogP contribution in [0.15, 0.2) is 73.2 Å². The van der Waals surface area contributed by atoms with Gasteiger partial charge in [-0.25, -0.2) is 14.6 Å². The van der Waals surface area contributed by atoms with E-state index in [0.29, 0.717) is 12.2 Å². The molecule has 144 valence electrons. The molecule has 2 N–H and O–H groups in total. The molecule has 3 rings (SSSR count). The summed E-state index contributed by atoms with van der Waals surface area (Å²) in [5, 5.41) is 11.8. The molecular weight excluding hydrogens is 358 g/mol. The van der Waals surface area contributed by atoms with Gasteiger partial charge in [0.25, 0.3) is 0 Å². The molecule has 0 aliphatic heterocycles. The Bertz CT molecular complexity index is 910. The summed E-state index contributed by atoms with van der Waals surface area (Å²) in [5.41, 5.74) is 2.51. The smallest absolute Gasteiger partial charge is 0.408 e. The SMILES string of the molecule is O=C(N[C@H](Cc1cn(Cc2ccccc2)cn1)C(=O)O)OCc1ccccc1. The van der Waals surface area contributed by atoms with Crippen molar-refractivity contribution >= 4 is 12.1 Å². The minimum absolute atomic E-state index is 0.0670. The number of nitrogens with one attached hydrogen (secondary N) is 1. The molecule has 0 aliphatic rings. The molecule has 0 unspecified atom stereocenters. The van der Waals surface area contributed by atoms with E-state index in [1.165, 1.54) is 0 Å². The van der Waals surface area contributed by atoms with E-state index < -0.39 is 18.1 Å². The van der Waals surface area contributed by atoms with Crippen molar-refractivity contribution in [2.45, 2.75) is 25.6 Å². The van der Waals surface area contributed by atoms with Crippen LogP contribution in [0.2, 0.25) is 0 Å². The lowest BCUT2D eigenvalue weighted by Crippen LogP contribution is -2.42. The topological polar surface area (TPSA) is 93.5 Å². The van der Waals surface area contributed by atoms with Crippen LogP contribution < -0.4 is 5.32 Å². The van der Waals surface area contributed by atoms with Crippen molar-refractivity contribution < 1.29 is 19.4 Å². The lowest BCUT2D eigenvalue weighted by molar-refractivity contribution is -0.139. The Labute approximate surface area is 162 Å². The minimum Gasteiger partial charge on any atom is -0.480 e. The van der Waals surface area contributed by atoms with Gasteiger partial charge in [-0.2, -0.15) is 0 Å². The van der Waals surface area contributed by atoms with Gasteiger partial charge in [0.15, 0.2) is 0 Å². The Kier molecular flexibility index (Phi) is 6.41. The molecular formula is C21H21N3O4. The number of carboxylic acids is 1. The van der Waals surface area contributed by atoms with E-state index in [-0.39, 0.29) is 13.0 Å². The standard InChI is InChI=1S/C21H21N3O4/c25-20(26)19(23-21(27)28-14-17-9-5-2-6-10-17)11-18-13-24(15-22-18)12-16-7-3-1-4-8-16/h1-10,13,15,19H,11-12,14H2,(H,23,27)(H,25,26)/t19-/m1/s1. The monoisotopic (exact) mass is 379 g/mol. The first-order valence-corrected chi connectivity index (χ1v) is 8.85. The van der Waals surface area contributed by atoms with Gasteiger partial charge in [0.2, 0.25) is 0 Å². The predicted molar refractivity (Wildman–Crippen MR) is 103 cm³/mol. The van der Waals surface area contributed by atoms with Crippen LogP contribution in [0.5, 0.6) is 0 Å². The van der Waals surface area contributed by atoms with Crippen LogP contribution in [-0.2, 0) is 29.1 Å². The summed E-state index contributed by atoms with van der Waals surface area (Å²) in [7, 11) is 0. The molecule has 1 amide bonds. The third-order valence-electron chi connectivity index (χ3n) is 4.11. The van der Waals surface area contributed by atoms with Crippen molar-refractivity contribution in [1.82, 2.24) is 14.9 Å². The summed E-state index contributed by atoms with van der Waals surface area (Å²) in [5.74, 6) is -1.14. The predicted octanol–water partition coefficient (Wildman–Crippen LogP) is 2.85. The van der Waals surface area contributed by atoms with Gasteiger partial charge in [-0.15, -0.1) is 0 Å². The fourth-order valence-electron chi connectivity index (χ4n) is 2.71. The van der Waals surface area contributed by atoms with Crippen molar-refractivity contribution in [3.63, 3.8) is 0 Å². The fourth-order valence-corrected chi connectivity index (χ4v) is 2.71. The number of hydrogen-bond donors (Lipinski definition) is 2. The van der Waals surface area contributed by atoms with E-state index in [4.69, 9.17) is 4.74 Å². The highest BCUT2D eigenvalue weighted by Gasteiger charge is 2.22. The Morgan fingerprint density at radius 1 is 1.04 bits per heavy atom. The number of hydrogen-bond acceptors (Lipinski definition) is 4. The Balaban J connectivity index is 1.54. The normalized spacial score (nSPS) is 11.6. The van der Waals surface area contributed by atoms with E-state index in [9.17, 15) is 14.7 Å². The highest BCUT2D eigenvalue weighted by Crippen LogP contribution is 2.07. The second kappa shape index (κ2) is 9.36. The first kappa shape index (κ1) is 19.2. The maximum atomic E-state index is 11.9. The third-order valence-corrected chi connectivity index (χ3v) is 4.11. The van der Waals surface area contributed by atoms with Crippen molar-refractivity contribution in [3.8, 4) is 0 Å². The van der Waals surface area contributed by atoms with Crippen molar-refractivity contribution in [2.24, 2.45) is 0 Å². The average molecular weight is 379 g/mol. The van der Waals surface area contributed by atoms with Gasteiger partial charge in [-0.1, -0.05) is 60.7 Å². The zero-order valence-corrected chi connectivity index (χ0v) is 15.2. The highest BCUT2D eigenvalue weighted by molar-refractivity contribution is 5.80. The van der Waals surface area contributed by atoms with Crippen molar-refractivity contribution in [1.29, 1.82) is 0 Å². The molecule has 0 saturated heterocycles. The minimum atomic E-state index is -1.14. The quantitative estimate of drug-likeness (QED) is 0.628. The summed E-state index contributed by atoms with van der Waals surface area (Å²) < 4.78 is 6.96. The average Bonchev–Trinajstić information content (AvgIpc) is 3.14. The van der Waals surface area contributed by atoms with Gasteiger partial charge in [-0.3, -0.25) is 0 Å². The van der Waals surface area contributed by atoms with Crippen molar-refractivity contribution in [3.05, 3.63) is 90.0 Å². The Morgan fingerprint density at radius 2 is 1.68 bits per heavy atom. The molecule has 7 heteroatoms. The summed E-state index contributed by atoms with van der Waals surface area (Å²) in [6, 6.07) is 17.9. The van der Waals surface area contributed by atoms with Crippen LogP contribution in [0.4, 0.5) is 4.79 Å². The molecule has 7 nitrogen and oxygen atoms in total. The number of alkyl carbamates (subject to hydrolysis) is 1. The second-order valence-corrected chi connectivity index (χ2v) is 6.32. The van der Waals surface area contributed by atoms with Crippen molar-refractivity contribution in [2.75, 3.05) is 0 Å². The zero-order valence-electron chi connectivity index (χ0n) is 15.2. The second-order valence-electron chi connectivity index (χ2n) is 6.32. The summed E-state index contributed by atoms with van der Waals surface area (Å²) in [6.07, 6.45) is 2.71. The summed E-state index contributed by atoms with van der Waals surface area (Å²) in [6.45, 7) is 0.711. The highest BCUT2D eigenvalue weighted by atomic mass is 16.5. The largest absolute Gasteiger partial charge is 0.480 e. The molecule has 28 heavy (non-hydrogen) atoms. The number of carboxylic acid groups (broad SMARTS) is 1. The van der Waals surface area contributed by atoms with Gasteiger partial charge in [0, 0.05) is 19.2 Å². The van der Waals surface area contributed by atoms with Gasteiger partial charge >= 0.3 is 12.1 Å². The molecule has 1 heterocycles. The van der Waals surface area contributed by atoms with Gasteiger partial charge in [0.1, 0.15) is 12.6 Å². The molecule has 0 fully saturated rings. The third kappa shape index (κ3) is 5.70. The van der Waals surface area contributed by atoms with Crippen LogP contribution in [0.1, 0.15) is 16.8 Å². The number of rotatable bonds is 8. The first-order chi connectivity index (χ1) is 13.6. The van der Waals surface area contributed by atoms with E-state index in [0.717, 1.165) is 11.1 Å². The van der Waals surface area contributed by atoms with Gasteiger partial charge in [-0.05, 0) is 11.1 Å². The van der Waals surface area contributed by atoms with Crippen LogP contribution >= 0.6 is 0 Å². The molecule has 1 atom stereocenters. The van der Waals surface area contributed by atoms with E-state index in [1.807, 2.05) is 65.2 Å². The molecule has 1 aromatic heterocycles. The van der Waals surface area contributed by atoms with Gasteiger partial charge in [0.05, 0.1) is 12.0 Å². The number of aromatic nitrogens is 2. The number of benzene rings is 2. The first-order valence-electron chi connectivity index (χ1n) is 8.85. The molecule has 2 aromatic carbocycles. The lowest BCUT2D eigenvalue weighted by Gasteiger charge is -2.13. The molecule has 3 aromatic rings. The number of amides is 1. The number of ether oxygens (including phenoxy) is 1. The maximum Gasteiger partial charge on any atom is 0.408 e. The number of carbonyl (C=O) groups is 2. The van der Waals surface area contributed by atoms with E-state index in [1.54, 1.807) is 12.5 Å². The van der Waals surface area contributed by atoms with Crippen LogP contribution in [0.25, 0.3) is 0 Å². The van der Waals surface area contributed by atoms with Crippen LogP contribution in [0, 0.1) is 0 Å². The molecule has 0 aliphatic carbocycles. The fraction of sp³-hybridized carbons (Fsp3) is 0.190. The van der Waals surface area contributed by atoms with Gasteiger partial charge < -0.3 is 19.7 Å². The molecule has 0 radical (unpaired) electrons. The van der Waals surface area contributed by atoms with E-state index >= 15 is 0 Å². The Hall–Kier alpha value is -3.61. The summed E-state index contributed by atoms with van der Waals surface area (Å²) >= 11 is 0.